The molecule has 3 aromatic rings. The third-order valence-corrected chi connectivity index (χ3v) is 6.26. The fraction of sp³-hybridized carbons (Fsp3) is 0.435. The largest absolute Gasteiger partial charge is 0.448 e. The van der Waals surface area contributed by atoms with E-state index in [0.717, 1.165) is 28.1 Å². The van der Waals surface area contributed by atoms with Gasteiger partial charge >= 0.3 is 6.09 Å². The Morgan fingerprint density at radius 2 is 1.90 bits per heavy atom. The van der Waals surface area contributed by atoms with E-state index in [1.54, 1.807) is 12.1 Å². The van der Waals surface area contributed by atoms with Gasteiger partial charge in [0.2, 0.25) is 0 Å². The van der Waals surface area contributed by atoms with Crippen molar-refractivity contribution >= 4 is 33.6 Å². The third kappa shape index (κ3) is 5.07. The zero-order valence-electron chi connectivity index (χ0n) is 18.2. The first kappa shape index (κ1) is 21.4. The number of amides is 2. The second kappa shape index (κ2) is 8.00. The van der Waals surface area contributed by atoms with Crippen LogP contribution in [0.1, 0.15) is 51.1 Å². The van der Waals surface area contributed by atoms with E-state index in [-0.39, 0.29) is 18.2 Å². The monoisotopic (exact) mass is 441 g/mol. The molecule has 2 heterocycles. The molecule has 1 atom stereocenters. The molecule has 1 aromatic carbocycles. The van der Waals surface area contributed by atoms with Gasteiger partial charge in [-0.3, -0.25) is 4.79 Å². The lowest BCUT2D eigenvalue weighted by Gasteiger charge is -2.31. The maximum Gasteiger partial charge on any atom is 0.407 e. The van der Waals surface area contributed by atoms with Gasteiger partial charge in [0, 0.05) is 6.54 Å². The molecule has 1 aliphatic carbocycles. The Balaban J connectivity index is 1.44. The number of hydrogen-bond acceptors (Lipinski definition) is 6. The summed E-state index contributed by atoms with van der Waals surface area (Å²) in [5.41, 5.74) is -0.259. The summed E-state index contributed by atoms with van der Waals surface area (Å²) in [6, 6.07) is 11.3. The first-order chi connectivity index (χ1) is 14.6. The molecule has 1 unspecified atom stereocenters. The molecule has 1 fully saturated rings. The maximum absolute atomic E-state index is 12.9. The number of alkyl carbamates (subject to hydrolysis) is 1. The molecule has 2 N–H and O–H groups in total. The van der Waals surface area contributed by atoms with Crippen LogP contribution in [0, 0.1) is 5.92 Å². The van der Waals surface area contributed by atoms with E-state index in [1.165, 1.54) is 11.3 Å². The summed E-state index contributed by atoms with van der Waals surface area (Å²) in [5, 5.41) is 6.58. The summed E-state index contributed by atoms with van der Waals surface area (Å²) in [5.74, 6) is 0.766. The summed E-state index contributed by atoms with van der Waals surface area (Å²) in [6.07, 6.45) is 1.51. The highest BCUT2D eigenvalue weighted by Gasteiger charge is 2.43. The van der Waals surface area contributed by atoms with Crippen LogP contribution in [-0.2, 0) is 4.74 Å². The lowest BCUT2D eigenvalue weighted by molar-refractivity contribution is 0.0502. The molecule has 8 heteroatoms. The summed E-state index contributed by atoms with van der Waals surface area (Å²) in [7, 11) is 0. The molecule has 164 valence electrons. The van der Waals surface area contributed by atoms with Crippen molar-refractivity contribution in [2.75, 3.05) is 6.54 Å². The van der Waals surface area contributed by atoms with Crippen molar-refractivity contribution in [3.8, 4) is 10.8 Å². The summed E-state index contributed by atoms with van der Waals surface area (Å²) in [4.78, 5) is 29.6. The zero-order chi connectivity index (χ0) is 22.2. The van der Waals surface area contributed by atoms with Gasteiger partial charge in [-0.1, -0.05) is 12.1 Å². The van der Waals surface area contributed by atoms with Crippen molar-refractivity contribution in [3.63, 3.8) is 0 Å². The molecule has 0 saturated heterocycles. The predicted molar refractivity (Wildman–Crippen MR) is 120 cm³/mol. The standard InChI is InChI=1S/C23H27N3O4S/c1-22(2,3)30-21(28)24-13-23(4,14-9-10-14)26-19(27)16-11-12-17(29-16)20-25-15-7-5-6-8-18(15)31-20/h5-8,11-12,14H,9-10,13H2,1-4H3,(H,24,28)(H,26,27). The highest BCUT2D eigenvalue weighted by atomic mass is 32.1. The van der Waals surface area contributed by atoms with Gasteiger partial charge in [0.1, 0.15) is 5.60 Å². The van der Waals surface area contributed by atoms with Gasteiger partial charge in [-0.25, -0.2) is 9.78 Å². The number of carbonyl (C=O) groups is 2. The van der Waals surface area contributed by atoms with Gasteiger partial charge in [0.25, 0.3) is 5.91 Å². The Morgan fingerprint density at radius 3 is 2.58 bits per heavy atom. The van der Waals surface area contributed by atoms with Gasteiger partial charge in [-0.05, 0) is 70.7 Å². The van der Waals surface area contributed by atoms with Gasteiger partial charge < -0.3 is 19.8 Å². The number of fused-ring (bicyclic) bond motifs is 1. The number of para-hydroxylation sites is 1. The lowest BCUT2D eigenvalue weighted by atomic mass is 9.95. The number of carbonyl (C=O) groups excluding carboxylic acids is 2. The van der Waals surface area contributed by atoms with E-state index in [4.69, 9.17) is 9.15 Å². The molecular weight excluding hydrogens is 414 g/mol. The number of nitrogens with zero attached hydrogens (tertiary/aromatic N) is 1. The quantitative estimate of drug-likeness (QED) is 0.563. The van der Waals surface area contributed by atoms with Crippen LogP contribution >= 0.6 is 11.3 Å². The van der Waals surface area contributed by atoms with E-state index in [9.17, 15) is 9.59 Å². The molecule has 7 nitrogen and oxygen atoms in total. The molecule has 0 radical (unpaired) electrons. The Morgan fingerprint density at radius 1 is 1.16 bits per heavy atom. The fourth-order valence-electron chi connectivity index (χ4n) is 3.45. The van der Waals surface area contributed by atoms with Crippen molar-refractivity contribution < 1.29 is 18.7 Å². The van der Waals surface area contributed by atoms with Crippen LogP contribution in [0.15, 0.2) is 40.8 Å². The van der Waals surface area contributed by atoms with Crippen LogP contribution in [0.3, 0.4) is 0 Å². The number of aromatic nitrogens is 1. The Bertz CT molecular complexity index is 1080. The zero-order valence-corrected chi connectivity index (χ0v) is 19.0. The van der Waals surface area contributed by atoms with E-state index < -0.39 is 17.2 Å². The van der Waals surface area contributed by atoms with Gasteiger partial charge in [-0.15, -0.1) is 11.3 Å². The SMILES string of the molecule is CC(C)(C)OC(=O)NCC(C)(NC(=O)c1ccc(-c2nc3ccccc3s2)o1)C1CC1. The second-order valence-corrected chi connectivity index (χ2v) is 10.2. The fourth-order valence-corrected chi connectivity index (χ4v) is 4.38. The summed E-state index contributed by atoms with van der Waals surface area (Å²) in [6.45, 7) is 7.66. The Hall–Kier alpha value is -2.87. The number of rotatable bonds is 6. The maximum atomic E-state index is 12.9. The molecular formula is C23H27N3O4S. The van der Waals surface area contributed by atoms with Crippen LogP contribution < -0.4 is 10.6 Å². The number of benzene rings is 1. The normalized spacial score (nSPS) is 16.0. The minimum Gasteiger partial charge on any atom is -0.448 e. The molecule has 0 spiro atoms. The number of thiazole rings is 1. The van der Waals surface area contributed by atoms with Crippen LogP contribution in [0.4, 0.5) is 4.79 Å². The molecule has 1 saturated carbocycles. The van der Waals surface area contributed by atoms with E-state index in [1.807, 2.05) is 52.0 Å². The van der Waals surface area contributed by atoms with Gasteiger partial charge in [0.05, 0.1) is 15.8 Å². The smallest absolute Gasteiger partial charge is 0.407 e. The first-order valence-electron chi connectivity index (χ1n) is 10.4. The predicted octanol–water partition coefficient (Wildman–Crippen LogP) is 4.98. The summed E-state index contributed by atoms with van der Waals surface area (Å²) < 4.78 is 12.2. The minimum atomic E-state index is -0.587. The molecule has 0 aliphatic heterocycles. The Labute approximate surface area is 185 Å². The highest BCUT2D eigenvalue weighted by molar-refractivity contribution is 7.21. The second-order valence-electron chi connectivity index (χ2n) is 9.15. The third-order valence-electron chi connectivity index (χ3n) is 5.21. The first-order valence-corrected chi connectivity index (χ1v) is 11.2. The highest BCUT2D eigenvalue weighted by Crippen LogP contribution is 2.39. The molecule has 4 rings (SSSR count). The Kier molecular flexibility index (Phi) is 5.51. The van der Waals surface area contributed by atoms with Crippen LogP contribution in [-0.4, -0.2) is 34.7 Å². The van der Waals surface area contributed by atoms with Gasteiger partial charge in [-0.2, -0.15) is 0 Å². The number of furan rings is 1. The molecule has 1 aliphatic rings. The number of nitrogens with one attached hydrogen (secondary N) is 2. The van der Waals surface area contributed by atoms with Gasteiger partial charge in [0.15, 0.2) is 16.5 Å². The van der Waals surface area contributed by atoms with Crippen LogP contribution in [0.25, 0.3) is 21.0 Å². The average molecular weight is 442 g/mol. The van der Waals surface area contributed by atoms with E-state index in [2.05, 4.69) is 15.6 Å². The van der Waals surface area contributed by atoms with Crippen LogP contribution in [0.5, 0.6) is 0 Å². The minimum absolute atomic E-state index is 0.221. The molecule has 31 heavy (non-hydrogen) atoms. The lowest BCUT2D eigenvalue weighted by Crippen LogP contribution is -2.55. The van der Waals surface area contributed by atoms with E-state index >= 15 is 0 Å². The van der Waals surface area contributed by atoms with Crippen LogP contribution in [0.2, 0.25) is 0 Å². The molecule has 0 bridgehead atoms. The molecule has 2 amide bonds. The number of ether oxygens (including phenoxy) is 1. The topological polar surface area (TPSA) is 93.5 Å². The van der Waals surface area contributed by atoms with Crippen molar-refractivity contribution in [1.29, 1.82) is 0 Å². The van der Waals surface area contributed by atoms with Crippen molar-refractivity contribution in [3.05, 3.63) is 42.2 Å². The van der Waals surface area contributed by atoms with Crippen molar-refractivity contribution in [2.24, 2.45) is 5.92 Å². The summed E-state index contributed by atoms with van der Waals surface area (Å²) >= 11 is 1.52. The number of hydrogen-bond donors (Lipinski definition) is 2. The van der Waals surface area contributed by atoms with Crippen molar-refractivity contribution in [2.45, 2.75) is 51.7 Å². The van der Waals surface area contributed by atoms with E-state index in [0.29, 0.717) is 11.7 Å². The molecule has 2 aromatic heterocycles. The average Bonchev–Trinajstić information content (AvgIpc) is 3.28. The van der Waals surface area contributed by atoms with Crippen molar-refractivity contribution in [1.82, 2.24) is 15.6 Å².